The number of anilines is 1. The van der Waals surface area contributed by atoms with E-state index in [4.69, 9.17) is 0 Å². The number of carbonyl (C=O) groups excluding carboxylic acids is 1. The van der Waals surface area contributed by atoms with Crippen LogP contribution >= 0.6 is 0 Å². The van der Waals surface area contributed by atoms with Gasteiger partial charge < -0.3 is 4.74 Å². The molecule has 0 atom stereocenters. The number of hydrogen-bond acceptors (Lipinski definition) is 4. The molecule has 0 saturated heterocycles. The number of hydrogen-bond donors (Lipinski definition) is 1. The summed E-state index contributed by atoms with van der Waals surface area (Å²) in [4.78, 5) is 11.8. The van der Waals surface area contributed by atoms with E-state index < -0.39 is 16.0 Å². The number of sulfonamides is 1. The summed E-state index contributed by atoms with van der Waals surface area (Å²) in [6, 6.07) is 10.3. The Morgan fingerprint density at radius 1 is 1.08 bits per heavy atom. The predicted octanol–water partition coefficient (Wildman–Crippen LogP) is 3.71. The van der Waals surface area contributed by atoms with Gasteiger partial charge in [-0.05, 0) is 48.6 Å². The molecule has 0 radical (unpaired) electrons. The summed E-state index contributed by atoms with van der Waals surface area (Å²) in [7, 11) is -2.57. The van der Waals surface area contributed by atoms with Crippen LogP contribution in [0, 0.1) is 6.92 Å². The number of nitrogens with one attached hydrogen (secondary N) is 1. The Morgan fingerprint density at radius 2 is 1.68 bits per heavy atom. The minimum absolute atomic E-state index is 0.0726. The highest BCUT2D eigenvalue weighted by Gasteiger charge is 2.21. The van der Waals surface area contributed by atoms with E-state index in [1.165, 1.54) is 13.2 Å². The van der Waals surface area contributed by atoms with Crippen LogP contribution in [0.3, 0.4) is 0 Å². The van der Waals surface area contributed by atoms with Gasteiger partial charge in [-0.2, -0.15) is 0 Å². The second-order valence-electron chi connectivity index (χ2n) is 5.74. The molecule has 0 aliphatic rings. The molecule has 0 unspecified atom stereocenters. The topological polar surface area (TPSA) is 72.5 Å². The molecule has 0 amide bonds. The molecule has 2 aromatic rings. The molecule has 25 heavy (non-hydrogen) atoms. The number of ether oxygens (including phenoxy) is 1. The Hall–Kier alpha value is -2.34. The first-order valence-electron chi connectivity index (χ1n) is 8.16. The van der Waals surface area contributed by atoms with Crippen molar-refractivity contribution in [1.82, 2.24) is 0 Å². The smallest absolute Gasteiger partial charge is 0.337 e. The number of para-hydroxylation sites is 1. The molecule has 5 nitrogen and oxygen atoms in total. The van der Waals surface area contributed by atoms with E-state index >= 15 is 0 Å². The Bertz CT molecular complexity index is 866. The Kier molecular flexibility index (Phi) is 5.85. The van der Waals surface area contributed by atoms with Crippen molar-refractivity contribution in [3.8, 4) is 0 Å². The van der Waals surface area contributed by atoms with Gasteiger partial charge in [-0.25, -0.2) is 13.2 Å². The fourth-order valence-corrected chi connectivity index (χ4v) is 4.11. The van der Waals surface area contributed by atoms with Gasteiger partial charge in [0.25, 0.3) is 10.0 Å². The fourth-order valence-electron chi connectivity index (χ4n) is 2.70. The van der Waals surface area contributed by atoms with Crippen molar-refractivity contribution in [3.05, 3.63) is 58.7 Å². The van der Waals surface area contributed by atoms with E-state index in [0.717, 1.165) is 11.1 Å². The van der Waals surface area contributed by atoms with Gasteiger partial charge in [0.1, 0.15) is 0 Å². The average molecular weight is 361 g/mol. The zero-order chi connectivity index (χ0) is 18.6. The number of methoxy groups -OCH3 is 1. The van der Waals surface area contributed by atoms with Crippen molar-refractivity contribution in [2.75, 3.05) is 11.8 Å². The molecule has 0 aliphatic carbocycles. The highest BCUT2D eigenvalue weighted by atomic mass is 32.2. The third-order valence-corrected chi connectivity index (χ3v) is 5.63. The third kappa shape index (κ3) is 4.02. The van der Waals surface area contributed by atoms with Gasteiger partial charge in [0.15, 0.2) is 0 Å². The number of esters is 1. The summed E-state index contributed by atoms with van der Waals surface area (Å²) < 4.78 is 33.3. The summed E-state index contributed by atoms with van der Waals surface area (Å²) >= 11 is 0. The lowest BCUT2D eigenvalue weighted by molar-refractivity contribution is 0.0600. The van der Waals surface area contributed by atoms with Crippen molar-refractivity contribution in [2.45, 2.75) is 38.5 Å². The van der Waals surface area contributed by atoms with Crippen LogP contribution < -0.4 is 4.72 Å². The molecular formula is C19H23NO4S. The minimum Gasteiger partial charge on any atom is -0.465 e. The summed E-state index contributed by atoms with van der Waals surface area (Å²) in [5, 5.41) is 0. The third-order valence-electron chi connectivity index (χ3n) is 4.13. The lowest BCUT2D eigenvalue weighted by Crippen LogP contribution is -2.17. The molecule has 0 heterocycles. The lowest BCUT2D eigenvalue weighted by atomic mass is 10.0. The van der Waals surface area contributed by atoms with Crippen molar-refractivity contribution >= 4 is 21.7 Å². The van der Waals surface area contributed by atoms with Crippen molar-refractivity contribution < 1.29 is 17.9 Å². The van der Waals surface area contributed by atoms with E-state index in [0.29, 0.717) is 24.1 Å². The van der Waals surface area contributed by atoms with E-state index in [-0.39, 0.29) is 10.5 Å². The maximum absolute atomic E-state index is 13.0. The first-order valence-corrected chi connectivity index (χ1v) is 9.64. The Balaban J connectivity index is 2.53. The van der Waals surface area contributed by atoms with E-state index in [1.807, 2.05) is 32.0 Å². The number of rotatable bonds is 6. The van der Waals surface area contributed by atoms with Crippen LogP contribution in [0.15, 0.2) is 41.3 Å². The maximum atomic E-state index is 13.0. The first-order chi connectivity index (χ1) is 11.8. The van der Waals surface area contributed by atoms with Gasteiger partial charge in [0.2, 0.25) is 0 Å². The van der Waals surface area contributed by atoms with Gasteiger partial charge >= 0.3 is 5.97 Å². The monoisotopic (exact) mass is 361 g/mol. The zero-order valence-corrected chi connectivity index (χ0v) is 15.7. The number of aryl methyl sites for hydroxylation is 3. The van der Waals surface area contributed by atoms with Crippen LogP contribution in [0.4, 0.5) is 5.69 Å². The first kappa shape index (κ1) is 19.0. The van der Waals surface area contributed by atoms with Crippen molar-refractivity contribution in [2.24, 2.45) is 0 Å². The highest BCUT2D eigenvalue weighted by molar-refractivity contribution is 7.92. The van der Waals surface area contributed by atoms with Crippen LogP contribution in [-0.4, -0.2) is 21.5 Å². The van der Waals surface area contributed by atoms with Gasteiger partial charge in [0.05, 0.1) is 23.3 Å². The van der Waals surface area contributed by atoms with Gasteiger partial charge in [-0.1, -0.05) is 38.1 Å². The van der Waals surface area contributed by atoms with Crippen LogP contribution in [-0.2, 0) is 27.6 Å². The summed E-state index contributed by atoms with van der Waals surface area (Å²) in [6.07, 6.45) is 1.43. The molecule has 0 bridgehead atoms. The highest BCUT2D eigenvalue weighted by Crippen LogP contribution is 2.27. The predicted molar refractivity (Wildman–Crippen MR) is 98.5 cm³/mol. The molecule has 0 spiro atoms. The lowest BCUT2D eigenvalue weighted by Gasteiger charge is -2.17. The fraction of sp³-hybridized carbons (Fsp3) is 0.316. The second kappa shape index (κ2) is 7.70. The molecular weight excluding hydrogens is 338 g/mol. The average Bonchev–Trinajstić information content (AvgIpc) is 2.61. The van der Waals surface area contributed by atoms with Crippen LogP contribution in [0.5, 0.6) is 0 Å². The number of carbonyl (C=O) groups is 1. The Labute approximate surface area is 149 Å². The molecule has 0 fully saturated rings. The van der Waals surface area contributed by atoms with Gasteiger partial charge in [-0.3, -0.25) is 4.72 Å². The summed E-state index contributed by atoms with van der Waals surface area (Å²) in [5.41, 5.74) is 3.25. The largest absolute Gasteiger partial charge is 0.465 e. The van der Waals surface area contributed by atoms with Gasteiger partial charge in [-0.15, -0.1) is 0 Å². The zero-order valence-electron chi connectivity index (χ0n) is 14.9. The Morgan fingerprint density at radius 3 is 2.20 bits per heavy atom. The van der Waals surface area contributed by atoms with E-state index in [9.17, 15) is 13.2 Å². The molecule has 0 aromatic heterocycles. The quantitative estimate of drug-likeness (QED) is 0.796. The van der Waals surface area contributed by atoms with Crippen LogP contribution in [0.25, 0.3) is 0 Å². The van der Waals surface area contributed by atoms with Crippen LogP contribution in [0.1, 0.15) is 40.9 Å². The second-order valence-corrected chi connectivity index (χ2v) is 7.39. The van der Waals surface area contributed by atoms with Crippen molar-refractivity contribution in [1.29, 1.82) is 0 Å². The molecule has 2 rings (SSSR count). The summed E-state index contributed by atoms with van der Waals surface area (Å²) in [5.74, 6) is -0.570. The molecule has 134 valence electrons. The SMILES string of the molecule is CCc1cccc(CC)c1NS(=O)(=O)c1cc(C(=O)OC)ccc1C. The normalized spacial score (nSPS) is 11.2. The van der Waals surface area contributed by atoms with E-state index in [2.05, 4.69) is 9.46 Å². The standard InChI is InChI=1S/C19H23NO4S/c1-5-14-8-7-9-15(6-2)18(14)20-25(22,23)17-12-16(19(21)24-4)11-10-13(17)3/h7-12,20H,5-6H2,1-4H3. The van der Waals surface area contributed by atoms with Crippen LogP contribution in [0.2, 0.25) is 0 Å². The minimum atomic E-state index is -3.83. The molecule has 2 aromatic carbocycles. The molecule has 6 heteroatoms. The molecule has 1 N–H and O–H groups in total. The van der Waals surface area contributed by atoms with E-state index in [1.54, 1.807) is 19.1 Å². The van der Waals surface area contributed by atoms with Gasteiger partial charge in [0, 0.05) is 0 Å². The summed E-state index contributed by atoms with van der Waals surface area (Å²) in [6.45, 7) is 5.66. The number of benzene rings is 2. The maximum Gasteiger partial charge on any atom is 0.337 e. The molecule has 0 saturated carbocycles. The van der Waals surface area contributed by atoms with Crippen molar-refractivity contribution in [3.63, 3.8) is 0 Å². The molecule has 0 aliphatic heterocycles.